The topological polar surface area (TPSA) is 89.8 Å². The van der Waals surface area contributed by atoms with E-state index in [1.165, 1.54) is 6.07 Å². The Kier molecular flexibility index (Phi) is 4.74. The van der Waals surface area contributed by atoms with Crippen LogP contribution in [0.2, 0.25) is 5.02 Å². The second-order valence-electron chi connectivity index (χ2n) is 3.67. The molecule has 1 rings (SSSR count). The first-order chi connectivity index (χ1) is 7.95. The number of rotatable bonds is 5. The molecule has 6 heteroatoms. The average molecular weight is 260 g/mol. The molecule has 0 saturated carbocycles. The molecule has 1 unspecified atom stereocenters. The highest BCUT2D eigenvalue weighted by Gasteiger charge is 2.14. The summed E-state index contributed by atoms with van der Waals surface area (Å²) in [7, 11) is 0. The molecule has 0 heterocycles. The Morgan fingerprint density at radius 3 is 2.71 bits per heavy atom. The SMILES string of the molecule is Cc1cc(Cl)cc(C(=O)O)c1NCC(O)CO. The van der Waals surface area contributed by atoms with E-state index in [1.807, 2.05) is 0 Å². The second kappa shape index (κ2) is 5.86. The number of aromatic carboxylic acids is 1. The van der Waals surface area contributed by atoms with Gasteiger partial charge in [-0.15, -0.1) is 0 Å². The predicted molar refractivity (Wildman–Crippen MR) is 64.7 cm³/mol. The van der Waals surface area contributed by atoms with Crippen molar-refractivity contribution in [3.05, 3.63) is 28.3 Å². The molecule has 0 saturated heterocycles. The molecule has 0 fully saturated rings. The Labute approximate surface area is 104 Å². The minimum absolute atomic E-state index is 0.0418. The van der Waals surface area contributed by atoms with Gasteiger partial charge in [0.1, 0.15) is 0 Å². The van der Waals surface area contributed by atoms with E-state index >= 15 is 0 Å². The largest absolute Gasteiger partial charge is 0.478 e. The Bertz CT molecular complexity index is 422. The van der Waals surface area contributed by atoms with E-state index < -0.39 is 12.1 Å². The molecule has 1 aromatic rings. The van der Waals surface area contributed by atoms with Crippen LogP contribution >= 0.6 is 11.6 Å². The van der Waals surface area contributed by atoms with Gasteiger partial charge in [0.25, 0.3) is 0 Å². The summed E-state index contributed by atoms with van der Waals surface area (Å²) in [6.45, 7) is 1.40. The van der Waals surface area contributed by atoms with Crippen molar-refractivity contribution >= 4 is 23.3 Å². The lowest BCUT2D eigenvalue weighted by Gasteiger charge is -2.15. The van der Waals surface area contributed by atoms with Crippen LogP contribution in [-0.4, -0.2) is 40.5 Å². The fourth-order valence-corrected chi connectivity index (χ4v) is 1.70. The number of halogens is 1. The summed E-state index contributed by atoms with van der Waals surface area (Å²) in [6, 6.07) is 2.96. The van der Waals surface area contributed by atoms with Crippen molar-refractivity contribution in [1.82, 2.24) is 0 Å². The van der Waals surface area contributed by atoms with Crippen LogP contribution in [0.1, 0.15) is 15.9 Å². The van der Waals surface area contributed by atoms with E-state index in [-0.39, 0.29) is 18.7 Å². The average Bonchev–Trinajstić information content (AvgIpc) is 2.26. The zero-order valence-corrected chi connectivity index (χ0v) is 10.0. The Hall–Kier alpha value is -1.30. The van der Waals surface area contributed by atoms with E-state index in [2.05, 4.69) is 5.32 Å². The number of anilines is 1. The zero-order chi connectivity index (χ0) is 13.0. The van der Waals surface area contributed by atoms with Crippen LogP contribution in [0.15, 0.2) is 12.1 Å². The number of aliphatic hydroxyl groups excluding tert-OH is 2. The van der Waals surface area contributed by atoms with Crippen molar-refractivity contribution in [1.29, 1.82) is 0 Å². The maximum Gasteiger partial charge on any atom is 0.337 e. The van der Waals surface area contributed by atoms with Crippen LogP contribution in [0, 0.1) is 6.92 Å². The standard InChI is InChI=1S/C11H14ClNO4/c1-6-2-7(12)3-9(11(16)17)10(6)13-4-8(15)5-14/h2-3,8,13-15H,4-5H2,1H3,(H,16,17). The van der Waals surface area contributed by atoms with Gasteiger partial charge >= 0.3 is 5.97 Å². The van der Waals surface area contributed by atoms with Crippen LogP contribution in [-0.2, 0) is 0 Å². The highest BCUT2D eigenvalue weighted by atomic mass is 35.5. The van der Waals surface area contributed by atoms with Crippen molar-refractivity contribution < 1.29 is 20.1 Å². The number of aryl methyl sites for hydroxylation is 1. The number of hydrogen-bond acceptors (Lipinski definition) is 4. The van der Waals surface area contributed by atoms with E-state index in [1.54, 1.807) is 13.0 Å². The van der Waals surface area contributed by atoms with Crippen molar-refractivity contribution in [3.63, 3.8) is 0 Å². The number of aliphatic hydroxyl groups is 2. The molecule has 0 aliphatic rings. The van der Waals surface area contributed by atoms with Gasteiger partial charge in [-0.05, 0) is 24.6 Å². The number of carboxylic acids is 1. The predicted octanol–water partition coefficient (Wildman–Crippen LogP) is 1.11. The quantitative estimate of drug-likeness (QED) is 0.636. The van der Waals surface area contributed by atoms with Crippen molar-refractivity contribution in [2.45, 2.75) is 13.0 Å². The van der Waals surface area contributed by atoms with Gasteiger partial charge in [-0.3, -0.25) is 0 Å². The summed E-state index contributed by atoms with van der Waals surface area (Å²) in [6.07, 6.45) is -0.938. The number of benzene rings is 1. The summed E-state index contributed by atoms with van der Waals surface area (Å²) >= 11 is 5.78. The maximum atomic E-state index is 11.0. The highest BCUT2D eigenvalue weighted by Crippen LogP contribution is 2.25. The van der Waals surface area contributed by atoms with Gasteiger partial charge in [-0.1, -0.05) is 11.6 Å². The lowest BCUT2D eigenvalue weighted by atomic mass is 10.1. The number of nitrogens with one attached hydrogen (secondary N) is 1. The summed E-state index contributed by atoms with van der Waals surface area (Å²) in [5, 5.41) is 30.0. The van der Waals surface area contributed by atoms with Crippen LogP contribution in [0.3, 0.4) is 0 Å². The number of carboxylic acid groups (broad SMARTS) is 1. The second-order valence-corrected chi connectivity index (χ2v) is 4.10. The van der Waals surface area contributed by atoms with Crippen molar-refractivity contribution in [2.75, 3.05) is 18.5 Å². The van der Waals surface area contributed by atoms with Crippen molar-refractivity contribution in [2.24, 2.45) is 0 Å². The molecule has 94 valence electrons. The van der Waals surface area contributed by atoms with Gasteiger partial charge in [0, 0.05) is 11.6 Å². The minimum Gasteiger partial charge on any atom is -0.478 e. The highest BCUT2D eigenvalue weighted by molar-refractivity contribution is 6.31. The van der Waals surface area contributed by atoms with Gasteiger partial charge in [0.15, 0.2) is 0 Å². The molecule has 0 amide bonds. The first-order valence-corrected chi connectivity index (χ1v) is 5.39. The van der Waals surface area contributed by atoms with Gasteiger partial charge in [-0.2, -0.15) is 0 Å². The third-order valence-corrected chi connectivity index (χ3v) is 2.47. The molecule has 0 aliphatic carbocycles. The fourth-order valence-electron chi connectivity index (χ4n) is 1.43. The molecule has 0 aliphatic heterocycles. The summed E-state index contributed by atoms with van der Waals surface area (Å²) < 4.78 is 0. The Balaban J connectivity index is 3.00. The van der Waals surface area contributed by atoms with E-state index in [0.29, 0.717) is 16.3 Å². The van der Waals surface area contributed by atoms with Gasteiger partial charge in [0.05, 0.1) is 24.0 Å². The fraction of sp³-hybridized carbons (Fsp3) is 0.364. The van der Waals surface area contributed by atoms with Crippen LogP contribution in [0.4, 0.5) is 5.69 Å². The maximum absolute atomic E-state index is 11.0. The monoisotopic (exact) mass is 259 g/mol. The van der Waals surface area contributed by atoms with Gasteiger partial charge in [-0.25, -0.2) is 4.79 Å². The normalized spacial score (nSPS) is 12.2. The number of hydrogen-bond donors (Lipinski definition) is 4. The first kappa shape index (κ1) is 13.8. The lowest BCUT2D eigenvalue weighted by molar-refractivity contribution is 0.0697. The molecule has 0 bridgehead atoms. The first-order valence-electron chi connectivity index (χ1n) is 5.02. The molecule has 4 N–H and O–H groups in total. The van der Waals surface area contributed by atoms with E-state index in [0.717, 1.165) is 0 Å². The van der Waals surface area contributed by atoms with Crippen LogP contribution < -0.4 is 5.32 Å². The Morgan fingerprint density at radius 1 is 1.53 bits per heavy atom. The molecule has 0 aromatic heterocycles. The molecule has 0 radical (unpaired) electrons. The minimum atomic E-state index is -1.10. The molecule has 1 aromatic carbocycles. The summed E-state index contributed by atoms with van der Waals surface area (Å²) in [5.41, 5.74) is 1.11. The smallest absolute Gasteiger partial charge is 0.337 e. The molecule has 5 nitrogen and oxygen atoms in total. The Morgan fingerprint density at radius 2 is 2.18 bits per heavy atom. The zero-order valence-electron chi connectivity index (χ0n) is 9.27. The third-order valence-electron chi connectivity index (χ3n) is 2.26. The summed E-state index contributed by atoms with van der Waals surface area (Å²) in [4.78, 5) is 11.0. The molecule has 1 atom stereocenters. The van der Waals surface area contributed by atoms with E-state index in [4.69, 9.17) is 21.8 Å². The van der Waals surface area contributed by atoms with E-state index in [9.17, 15) is 9.90 Å². The van der Waals surface area contributed by atoms with Gasteiger partial charge in [0.2, 0.25) is 0 Å². The van der Waals surface area contributed by atoms with Gasteiger partial charge < -0.3 is 20.6 Å². The molecule has 17 heavy (non-hydrogen) atoms. The number of carbonyl (C=O) groups is 1. The van der Waals surface area contributed by atoms with Crippen LogP contribution in [0.5, 0.6) is 0 Å². The summed E-state index contributed by atoms with van der Waals surface area (Å²) in [5.74, 6) is -1.10. The third kappa shape index (κ3) is 3.59. The molecule has 0 spiro atoms. The molecular weight excluding hydrogens is 246 g/mol. The van der Waals surface area contributed by atoms with Crippen LogP contribution in [0.25, 0.3) is 0 Å². The van der Waals surface area contributed by atoms with Crippen molar-refractivity contribution in [3.8, 4) is 0 Å². The lowest BCUT2D eigenvalue weighted by Crippen LogP contribution is -2.24. The molecular formula is C11H14ClNO4.